The Kier molecular flexibility index (Phi) is 10.2. The first-order chi connectivity index (χ1) is 16.9. The van der Waals surface area contributed by atoms with Crippen molar-refractivity contribution < 1.29 is 23.8 Å². The molecule has 2 amide bonds. The highest BCUT2D eigenvalue weighted by atomic mass is 79.9. The van der Waals surface area contributed by atoms with Crippen LogP contribution >= 0.6 is 39.0 Å². The molecule has 0 aliphatic carbocycles. The summed E-state index contributed by atoms with van der Waals surface area (Å²) in [4.78, 5) is 25.1. The number of aromatic nitrogens is 2. The van der Waals surface area contributed by atoms with E-state index in [1.807, 2.05) is 32.9 Å². The quantitative estimate of drug-likeness (QED) is 0.214. The lowest BCUT2D eigenvalue weighted by Crippen LogP contribution is -2.13. The number of benzene rings is 2. The van der Waals surface area contributed by atoms with Gasteiger partial charge in [-0.05, 0) is 57.2 Å². The maximum atomic E-state index is 12.9. The largest absolute Gasteiger partial charge is 0.490 e. The lowest BCUT2D eigenvalue weighted by Gasteiger charge is -2.16. The molecule has 0 fully saturated rings. The minimum Gasteiger partial charge on any atom is -0.490 e. The van der Waals surface area contributed by atoms with Crippen molar-refractivity contribution in [1.29, 1.82) is 0 Å². The Morgan fingerprint density at radius 1 is 0.943 bits per heavy atom. The third-order valence-corrected chi connectivity index (χ3v) is 6.75. The van der Waals surface area contributed by atoms with Gasteiger partial charge in [0, 0.05) is 15.7 Å². The number of ether oxygens (including phenoxy) is 3. The first-order valence-corrected chi connectivity index (χ1v) is 13.4. The summed E-state index contributed by atoms with van der Waals surface area (Å²) in [7, 11) is 0. The average molecular weight is 582 g/mol. The van der Waals surface area contributed by atoms with Crippen molar-refractivity contribution in [3.8, 4) is 17.2 Å². The number of amides is 2. The van der Waals surface area contributed by atoms with E-state index < -0.39 is 5.91 Å². The smallest absolute Gasteiger partial charge is 0.257 e. The Bertz CT molecular complexity index is 1130. The van der Waals surface area contributed by atoms with Gasteiger partial charge < -0.3 is 19.5 Å². The third-order valence-electron chi connectivity index (χ3n) is 4.25. The molecule has 0 aliphatic rings. The molecule has 35 heavy (non-hydrogen) atoms. The summed E-state index contributed by atoms with van der Waals surface area (Å²) in [5.41, 5.74) is 1.04. The number of carbonyl (C=O) groups is 2. The first-order valence-electron chi connectivity index (χ1n) is 10.8. The Hall–Kier alpha value is -2.83. The van der Waals surface area contributed by atoms with Gasteiger partial charge in [0.1, 0.15) is 0 Å². The van der Waals surface area contributed by atoms with Gasteiger partial charge in [0.05, 0.1) is 25.6 Å². The van der Waals surface area contributed by atoms with Gasteiger partial charge in [0.15, 0.2) is 15.8 Å². The van der Waals surface area contributed by atoms with E-state index in [0.717, 1.165) is 4.47 Å². The van der Waals surface area contributed by atoms with Gasteiger partial charge >= 0.3 is 0 Å². The number of carbonyl (C=O) groups excluding carboxylic acids is 2. The first kappa shape index (κ1) is 26.8. The molecular weight excluding hydrogens is 556 g/mol. The van der Waals surface area contributed by atoms with Gasteiger partial charge in [-0.15, -0.1) is 10.2 Å². The number of hydrogen-bond donors (Lipinski definition) is 2. The molecule has 0 atom stereocenters. The number of anilines is 2. The van der Waals surface area contributed by atoms with Crippen molar-refractivity contribution >= 4 is 61.7 Å². The minimum atomic E-state index is -0.393. The third kappa shape index (κ3) is 7.84. The van der Waals surface area contributed by atoms with Crippen LogP contribution in [0.1, 0.15) is 31.1 Å². The molecule has 2 aromatic carbocycles. The SMILES string of the molecule is CCOc1cc(C(=O)Nc2nnc(SCC(=O)Nc3ccc(Br)cc3)s2)cc(OCC)c1OCC. The topological polar surface area (TPSA) is 112 Å². The molecule has 3 aromatic rings. The van der Waals surface area contributed by atoms with Crippen molar-refractivity contribution in [2.24, 2.45) is 0 Å². The molecule has 0 unspecified atom stereocenters. The fourth-order valence-electron chi connectivity index (χ4n) is 2.87. The molecule has 0 saturated heterocycles. The van der Waals surface area contributed by atoms with E-state index in [0.29, 0.717) is 57.8 Å². The molecule has 0 bridgehead atoms. The molecule has 0 saturated carbocycles. The van der Waals surface area contributed by atoms with Crippen LogP contribution in [0.2, 0.25) is 0 Å². The van der Waals surface area contributed by atoms with E-state index in [9.17, 15) is 9.59 Å². The van der Waals surface area contributed by atoms with Gasteiger partial charge in [0.2, 0.25) is 16.8 Å². The fourth-order valence-corrected chi connectivity index (χ4v) is 4.68. The van der Waals surface area contributed by atoms with Gasteiger partial charge in [-0.3, -0.25) is 14.9 Å². The Morgan fingerprint density at radius 2 is 1.57 bits per heavy atom. The van der Waals surface area contributed by atoms with Crippen LogP contribution in [0.3, 0.4) is 0 Å². The number of hydrogen-bond acceptors (Lipinski definition) is 9. The van der Waals surface area contributed by atoms with E-state index >= 15 is 0 Å². The van der Waals surface area contributed by atoms with Crippen LogP contribution in [0, 0.1) is 0 Å². The van der Waals surface area contributed by atoms with Crippen LogP contribution in [-0.4, -0.2) is 47.6 Å². The fraction of sp³-hybridized carbons (Fsp3) is 0.304. The van der Waals surface area contributed by atoms with Crippen LogP contribution in [-0.2, 0) is 4.79 Å². The monoisotopic (exact) mass is 580 g/mol. The summed E-state index contributed by atoms with van der Waals surface area (Å²) in [5, 5.41) is 13.9. The second-order valence-electron chi connectivity index (χ2n) is 6.77. The summed E-state index contributed by atoms with van der Waals surface area (Å²) < 4.78 is 18.5. The zero-order valence-corrected chi connectivity index (χ0v) is 22.6. The van der Waals surface area contributed by atoms with Gasteiger partial charge in [-0.1, -0.05) is 39.0 Å². The molecule has 0 aliphatic heterocycles. The van der Waals surface area contributed by atoms with Crippen molar-refractivity contribution in [2.45, 2.75) is 25.1 Å². The van der Waals surface area contributed by atoms with Crippen LogP contribution in [0.4, 0.5) is 10.8 Å². The van der Waals surface area contributed by atoms with Crippen molar-refractivity contribution in [3.05, 3.63) is 46.4 Å². The molecule has 186 valence electrons. The van der Waals surface area contributed by atoms with E-state index in [4.69, 9.17) is 14.2 Å². The highest BCUT2D eigenvalue weighted by molar-refractivity contribution is 9.10. The van der Waals surface area contributed by atoms with Gasteiger partial charge in [-0.2, -0.15) is 0 Å². The van der Waals surface area contributed by atoms with E-state index in [1.54, 1.807) is 24.3 Å². The molecule has 9 nitrogen and oxygen atoms in total. The van der Waals surface area contributed by atoms with E-state index in [1.165, 1.54) is 23.1 Å². The summed E-state index contributed by atoms with van der Waals surface area (Å²) >= 11 is 5.78. The van der Waals surface area contributed by atoms with Crippen LogP contribution in [0.25, 0.3) is 0 Å². The Morgan fingerprint density at radius 3 is 2.17 bits per heavy atom. The molecular formula is C23H25BrN4O5S2. The van der Waals surface area contributed by atoms with Crippen molar-refractivity contribution in [1.82, 2.24) is 10.2 Å². The molecule has 3 rings (SSSR count). The highest BCUT2D eigenvalue weighted by Crippen LogP contribution is 2.39. The average Bonchev–Trinajstić information content (AvgIpc) is 3.28. The van der Waals surface area contributed by atoms with Crippen molar-refractivity contribution in [2.75, 3.05) is 36.2 Å². The molecule has 1 heterocycles. The second-order valence-corrected chi connectivity index (χ2v) is 9.89. The molecule has 0 radical (unpaired) electrons. The minimum absolute atomic E-state index is 0.160. The number of nitrogens with zero attached hydrogens (tertiary/aromatic N) is 2. The van der Waals surface area contributed by atoms with E-state index in [-0.39, 0.29) is 11.7 Å². The summed E-state index contributed by atoms with van der Waals surface area (Å²) in [6, 6.07) is 10.5. The zero-order valence-electron chi connectivity index (χ0n) is 19.4. The molecule has 2 N–H and O–H groups in total. The van der Waals surface area contributed by atoms with E-state index in [2.05, 4.69) is 36.8 Å². The summed E-state index contributed by atoms with van der Waals surface area (Å²) in [6.45, 7) is 6.80. The lowest BCUT2D eigenvalue weighted by atomic mass is 10.1. The summed E-state index contributed by atoms with van der Waals surface area (Å²) in [5.74, 6) is 0.915. The Balaban J connectivity index is 1.63. The standard InChI is InChI=1S/C23H25BrN4O5S2/c1-4-31-17-11-14(12-18(32-5-2)20(17)33-6-3)21(30)26-22-27-28-23(35-22)34-13-19(29)25-16-9-7-15(24)8-10-16/h7-12H,4-6,13H2,1-3H3,(H,25,29)(H,26,27,30). The predicted molar refractivity (Wildman–Crippen MR) is 141 cm³/mol. The number of rotatable bonds is 12. The van der Waals surface area contributed by atoms with Gasteiger partial charge in [0.25, 0.3) is 5.91 Å². The maximum Gasteiger partial charge on any atom is 0.257 e. The van der Waals surface area contributed by atoms with Crippen LogP contribution in [0.15, 0.2) is 45.2 Å². The maximum absolute atomic E-state index is 12.9. The van der Waals surface area contributed by atoms with Gasteiger partial charge in [-0.25, -0.2) is 0 Å². The predicted octanol–water partition coefficient (Wildman–Crippen LogP) is 5.48. The van der Waals surface area contributed by atoms with Crippen LogP contribution in [0.5, 0.6) is 17.2 Å². The molecule has 1 aromatic heterocycles. The second kappa shape index (κ2) is 13.3. The Labute approximate surface area is 220 Å². The lowest BCUT2D eigenvalue weighted by molar-refractivity contribution is -0.113. The zero-order chi connectivity index (χ0) is 25.2. The number of halogens is 1. The van der Waals surface area contributed by atoms with Crippen molar-refractivity contribution in [3.63, 3.8) is 0 Å². The number of nitrogens with one attached hydrogen (secondary N) is 2. The molecule has 12 heteroatoms. The summed E-state index contributed by atoms with van der Waals surface area (Å²) in [6.07, 6.45) is 0. The van der Waals surface area contributed by atoms with Crippen LogP contribution < -0.4 is 24.8 Å². The number of thioether (sulfide) groups is 1. The molecule has 0 spiro atoms. The highest BCUT2D eigenvalue weighted by Gasteiger charge is 2.19. The normalized spacial score (nSPS) is 10.5.